The van der Waals surface area contributed by atoms with E-state index in [1.165, 1.54) is 6.42 Å². The fourth-order valence-corrected chi connectivity index (χ4v) is 3.67. The number of nitrogens with two attached hydrogens (primary N) is 1. The Hall–Kier alpha value is -1.92. The zero-order valence-electron chi connectivity index (χ0n) is 15.7. The van der Waals surface area contributed by atoms with Crippen molar-refractivity contribution in [1.29, 1.82) is 0 Å². The van der Waals surface area contributed by atoms with Gasteiger partial charge in [-0.1, -0.05) is 29.8 Å². The molecule has 2 aliphatic rings. The van der Waals surface area contributed by atoms with Crippen LogP contribution in [-0.4, -0.2) is 72.3 Å². The van der Waals surface area contributed by atoms with Gasteiger partial charge in [-0.05, 0) is 31.7 Å². The van der Waals surface area contributed by atoms with Gasteiger partial charge in [0, 0.05) is 39.3 Å². The van der Waals surface area contributed by atoms with Crippen LogP contribution in [0.25, 0.3) is 0 Å². The normalized spacial score (nSPS) is 20.1. The number of aryl methyl sites for hydroxylation is 1. The smallest absolute Gasteiger partial charge is 0.244 e. The lowest BCUT2D eigenvalue weighted by atomic mass is 10.0. The summed E-state index contributed by atoms with van der Waals surface area (Å²) in [6.07, 6.45) is 3.46. The fraction of sp³-hybridized carbons (Fsp3) is 0.600. The van der Waals surface area contributed by atoms with Crippen molar-refractivity contribution in [2.24, 2.45) is 5.73 Å². The van der Waals surface area contributed by atoms with Gasteiger partial charge < -0.3 is 15.5 Å². The van der Waals surface area contributed by atoms with Gasteiger partial charge in [0.15, 0.2) is 0 Å². The number of hydrogen-bond donors (Lipinski definition) is 1. The molecule has 0 aromatic heterocycles. The Balaban J connectivity index is 1.47. The van der Waals surface area contributed by atoms with Crippen LogP contribution < -0.4 is 5.73 Å². The van der Waals surface area contributed by atoms with Crippen LogP contribution in [0.15, 0.2) is 24.3 Å². The zero-order chi connectivity index (χ0) is 18.5. The molecular weight excluding hydrogens is 328 g/mol. The van der Waals surface area contributed by atoms with Gasteiger partial charge in [-0.25, -0.2) is 0 Å². The SMILES string of the molecule is Cc1ccc(C(N)C(=O)N2CCN(CC(=O)N3CCCCC3)CC2)cc1. The number of benzene rings is 1. The van der Waals surface area contributed by atoms with Crippen LogP contribution in [0.4, 0.5) is 0 Å². The molecule has 0 bridgehead atoms. The zero-order valence-corrected chi connectivity index (χ0v) is 15.7. The molecule has 2 N–H and O–H groups in total. The van der Waals surface area contributed by atoms with Crippen molar-refractivity contribution in [2.45, 2.75) is 32.2 Å². The van der Waals surface area contributed by atoms with Crippen LogP contribution in [0, 0.1) is 6.92 Å². The Morgan fingerprint density at radius 1 is 0.923 bits per heavy atom. The second kappa shape index (κ2) is 8.64. The van der Waals surface area contributed by atoms with Crippen LogP contribution in [-0.2, 0) is 9.59 Å². The minimum Gasteiger partial charge on any atom is -0.342 e. The van der Waals surface area contributed by atoms with E-state index in [2.05, 4.69) is 4.90 Å². The van der Waals surface area contributed by atoms with Crippen molar-refractivity contribution in [3.8, 4) is 0 Å². The van der Waals surface area contributed by atoms with Gasteiger partial charge in [0.1, 0.15) is 6.04 Å². The molecule has 0 aliphatic carbocycles. The first-order chi connectivity index (χ1) is 12.5. The molecule has 1 aromatic rings. The first-order valence-corrected chi connectivity index (χ1v) is 9.65. The minimum absolute atomic E-state index is 0.0316. The Labute approximate surface area is 155 Å². The van der Waals surface area contributed by atoms with Gasteiger partial charge in [0.25, 0.3) is 0 Å². The molecule has 1 aromatic carbocycles. The number of piperidine rings is 1. The molecule has 0 spiro atoms. The summed E-state index contributed by atoms with van der Waals surface area (Å²) < 4.78 is 0. The van der Waals surface area contributed by atoms with E-state index in [0.29, 0.717) is 19.6 Å². The third kappa shape index (κ3) is 4.62. The van der Waals surface area contributed by atoms with E-state index in [-0.39, 0.29) is 11.8 Å². The summed E-state index contributed by atoms with van der Waals surface area (Å²) in [4.78, 5) is 31.0. The summed E-state index contributed by atoms with van der Waals surface area (Å²) in [7, 11) is 0. The van der Waals surface area contributed by atoms with E-state index in [4.69, 9.17) is 5.73 Å². The molecule has 6 nitrogen and oxygen atoms in total. The van der Waals surface area contributed by atoms with E-state index in [0.717, 1.165) is 50.1 Å². The van der Waals surface area contributed by atoms with Gasteiger partial charge >= 0.3 is 0 Å². The van der Waals surface area contributed by atoms with Gasteiger partial charge in [-0.3, -0.25) is 14.5 Å². The highest BCUT2D eigenvalue weighted by molar-refractivity contribution is 5.83. The quantitative estimate of drug-likeness (QED) is 0.877. The summed E-state index contributed by atoms with van der Waals surface area (Å²) in [5.74, 6) is 0.191. The van der Waals surface area contributed by atoms with Gasteiger partial charge in [-0.15, -0.1) is 0 Å². The molecule has 6 heteroatoms. The maximum absolute atomic E-state index is 12.7. The lowest BCUT2D eigenvalue weighted by Crippen LogP contribution is -2.53. The second-order valence-electron chi connectivity index (χ2n) is 7.43. The third-order valence-electron chi connectivity index (χ3n) is 5.45. The Morgan fingerprint density at radius 3 is 2.15 bits per heavy atom. The maximum atomic E-state index is 12.7. The van der Waals surface area contributed by atoms with E-state index in [1.807, 2.05) is 41.0 Å². The number of hydrogen-bond acceptors (Lipinski definition) is 4. The van der Waals surface area contributed by atoms with Crippen molar-refractivity contribution in [3.63, 3.8) is 0 Å². The van der Waals surface area contributed by atoms with Gasteiger partial charge in [0.05, 0.1) is 6.54 Å². The maximum Gasteiger partial charge on any atom is 0.244 e. The topological polar surface area (TPSA) is 69.9 Å². The lowest BCUT2D eigenvalue weighted by Gasteiger charge is -2.37. The number of amides is 2. The highest BCUT2D eigenvalue weighted by Crippen LogP contribution is 2.16. The number of piperazine rings is 1. The second-order valence-corrected chi connectivity index (χ2v) is 7.43. The minimum atomic E-state index is -0.614. The number of nitrogens with zero attached hydrogens (tertiary/aromatic N) is 3. The van der Waals surface area contributed by atoms with Crippen molar-refractivity contribution in [3.05, 3.63) is 35.4 Å². The monoisotopic (exact) mass is 358 g/mol. The largest absolute Gasteiger partial charge is 0.342 e. The van der Waals surface area contributed by atoms with Crippen molar-refractivity contribution in [1.82, 2.24) is 14.7 Å². The first-order valence-electron chi connectivity index (χ1n) is 9.65. The van der Waals surface area contributed by atoms with E-state index >= 15 is 0 Å². The summed E-state index contributed by atoms with van der Waals surface area (Å²) in [6.45, 7) is 6.98. The molecule has 3 rings (SSSR count). The molecule has 2 saturated heterocycles. The number of rotatable bonds is 4. The molecule has 1 unspecified atom stereocenters. The molecule has 1 atom stereocenters. The Bertz CT molecular complexity index is 617. The highest BCUT2D eigenvalue weighted by atomic mass is 16.2. The molecular formula is C20H30N4O2. The summed E-state index contributed by atoms with van der Waals surface area (Å²) in [5.41, 5.74) is 8.17. The Morgan fingerprint density at radius 2 is 1.54 bits per heavy atom. The number of carbonyl (C=O) groups is 2. The van der Waals surface area contributed by atoms with Crippen LogP contribution in [0.3, 0.4) is 0 Å². The first kappa shape index (κ1) is 18.9. The van der Waals surface area contributed by atoms with Crippen molar-refractivity contribution in [2.75, 3.05) is 45.8 Å². The molecule has 0 radical (unpaired) electrons. The van der Waals surface area contributed by atoms with E-state index < -0.39 is 6.04 Å². The summed E-state index contributed by atoms with van der Waals surface area (Å²) in [5, 5.41) is 0. The van der Waals surface area contributed by atoms with Gasteiger partial charge in [-0.2, -0.15) is 0 Å². The predicted octanol–water partition coefficient (Wildman–Crippen LogP) is 1.15. The summed E-state index contributed by atoms with van der Waals surface area (Å²) >= 11 is 0. The van der Waals surface area contributed by atoms with Crippen LogP contribution in [0.2, 0.25) is 0 Å². The number of carbonyl (C=O) groups excluding carboxylic acids is 2. The van der Waals surface area contributed by atoms with Crippen LogP contribution >= 0.6 is 0 Å². The predicted molar refractivity (Wildman–Crippen MR) is 102 cm³/mol. The van der Waals surface area contributed by atoms with E-state index in [1.54, 1.807) is 0 Å². The molecule has 2 heterocycles. The molecule has 2 fully saturated rings. The molecule has 142 valence electrons. The molecule has 2 aliphatic heterocycles. The fourth-order valence-electron chi connectivity index (χ4n) is 3.67. The third-order valence-corrected chi connectivity index (χ3v) is 5.45. The number of likely N-dealkylation sites (tertiary alicyclic amines) is 1. The average Bonchev–Trinajstić information content (AvgIpc) is 2.69. The van der Waals surface area contributed by atoms with Gasteiger partial charge in [0.2, 0.25) is 11.8 Å². The summed E-state index contributed by atoms with van der Waals surface area (Å²) in [6, 6.07) is 7.19. The van der Waals surface area contributed by atoms with E-state index in [9.17, 15) is 9.59 Å². The molecule has 26 heavy (non-hydrogen) atoms. The van der Waals surface area contributed by atoms with Crippen LogP contribution in [0.5, 0.6) is 0 Å². The molecule has 0 saturated carbocycles. The molecule has 2 amide bonds. The highest BCUT2D eigenvalue weighted by Gasteiger charge is 2.27. The standard InChI is InChI=1S/C20H30N4O2/c1-16-5-7-17(8-6-16)19(21)20(26)24-13-11-22(12-14-24)15-18(25)23-9-3-2-4-10-23/h5-8,19H,2-4,9-15,21H2,1H3. The van der Waals surface area contributed by atoms with Crippen molar-refractivity contribution < 1.29 is 9.59 Å². The van der Waals surface area contributed by atoms with Crippen molar-refractivity contribution >= 4 is 11.8 Å². The Kier molecular flexibility index (Phi) is 6.27. The van der Waals surface area contributed by atoms with Crippen LogP contribution in [0.1, 0.15) is 36.4 Å². The average molecular weight is 358 g/mol. The lowest BCUT2D eigenvalue weighted by molar-refractivity contribution is -0.136.